The lowest BCUT2D eigenvalue weighted by molar-refractivity contribution is 0.390. The van der Waals surface area contributed by atoms with Crippen molar-refractivity contribution in [3.63, 3.8) is 0 Å². The Bertz CT molecular complexity index is 64.8. The second-order valence-corrected chi connectivity index (χ2v) is 4.84. The van der Waals surface area contributed by atoms with Crippen LogP contribution in [0.4, 0.5) is 0 Å². The highest BCUT2D eigenvalue weighted by Crippen LogP contribution is 2.47. The molecular formula is C4H12O3P2. The van der Waals surface area contributed by atoms with E-state index in [9.17, 15) is 0 Å². The fourth-order valence-corrected chi connectivity index (χ4v) is 2.64. The van der Waals surface area contributed by atoms with Crippen LogP contribution in [0.15, 0.2) is 0 Å². The predicted octanol–water partition coefficient (Wildman–Crippen LogP) is 1.65. The zero-order valence-corrected chi connectivity index (χ0v) is 7.40. The summed E-state index contributed by atoms with van der Waals surface area (Å²) < 4.78 is 4.79. The van der Waals surface area contributed by atoms with E-state index in [0.717, 1.165) is 12.3 Å². The molecule has 2 N–H and O–H groups in total. The third-order valence-corrected chi connectivity index (χ3v) is 3.81. The quantitative estimate of drug-likeness (QED) is 0.630. The Kier molecular flexibility index (Phi) is 5.97. The van der Waals surface area contributed by atoms with Crippen LogP contribution < -0.4 is 0 Å². The van der Waals surface area contributed by atoms with Gasteiger partial charge in [-0.25, -0.2) is 0 Å². The van der Waals surface area contributed by atoms with E-state index in [-0.39, 0.29) is 0 Å². The molecule has 3 nitrogen and oxygen atoms in total. The summed E-state index contributed by atoms with van der Waals surface area (Å²) in [7, 11) is -2.69. The molecule has 0 aromatic rings. The maximum absolute atomic E-state index is 8.40. The molecule has 0 aromatic carbocycles. The first kappa shape index (κ1) is 9.74. The van der Waals surface area contributed by atoms with Gasteiger partial charge in [-0.2, -0.15) is 0 Å². The Labute approximate surface area is 57.9 Å². The first-order valence-corrected chi connectivity index (χ1v) is 5.61. The minimum atomic E-state index is -2.12. The van der Waals surface area contributed by atoms with Crippen LogP contribution >= 0.6 is 16.8 Å². The van der Waals surface area contributed by atoms with Crippen LogP contribution in [0.25, 0.3) is 0 Å². The van der Waals surface area contributed by atoms with Crippen LogP contribution in [0.1, 0.15) is 13.8 Å². The number of rotatable bonds is 4. The van der Waals surface area contributed by atoms with Gasteiger partial charge in [-0.3, -0.25) is 4.31 Å². The molecule has 9 heavy (non-hydrogen) atoms. The van der Waals surface area contributed by atoms with Crippen LogP contribution in [-0.4, -0.2) is 22.1 Å². The van der Waals surface area contributed by atoms with Crippen LogP contribution in [0, 0.1) is 0 Å². The lowest BCUT2D eigenvalue weighted by Gasteiger charge is -2.12. The van der Waals surface area contributed by atoms with E-state index >= 15 is 0 Å². The Hall–Kier alpha value is 0.740. The van der Waals surface area contributed by atoms with Gasteiger partial charge in [0.1, 0.15) is 0 Å². The third-order valence-electron chi connectivity index (χ3n) is 0.894. The fourth-order valence-electron chi connectivity index (χ4n) is 0.442. The molecule has 56 valence electrons. The van der Waals surface area contributed by atoms with Crippen molar-refractivity contribution in [2.45, 2.75) is 13.8 Å². The van der Waals surface area contributed by atoms with Crippen molar-refractivity contribution in [3.05, 3.63) is 0 Å². The molecule has 0 aliphatic heterocycles. The summed E-state index contributed by atoms with van der Waals surface area (Å²) >= 11 is 0. The molecule has 0 aliphatic carbocycles. The Balaban J connectivity index is 3.31. The minimum absolute atomic E-state index is 0.567. The third kappa shape index (κ3) is 5.20. The van der Waals surface area contributed by atoms with Gasteiger partial charge in [-0.1, -0.05) is 13.8 Å². The van der Waals surface area contributed by atoms with Gasteiger partial charge in [0.25, 0.3) is 0 Å². The van der Waals surface area contributed by atoms with Crippen molar-refractivity contribution in [2.24, 2.45) is 0 Å². The molecule has 0 saturated heterocycles. The van der Waals surface area contributed by atoms with E-state index in [4.69, 9.17) is 14.1 Å². The summed E-state index contributed by atoms with van der Waals surface area (Å²) in [5.74, 6) is 0. The minimum Gasteiger partial charge on any atom is -0.328 e. The van der Waals surface area contributed by atoms with E-state index in [2.05, 4.69) is 0 Å². The van der Waals surface area contributed by atoms with Crippen LogP contribution in [0.5, 0.6) is 0 Å². The monoisotopic (exact) mass is 170 g/mol. The van der Waals surface area contributed by atoms with E-state index < -0.39 is 16.8 Å². The average molecular weight is 170 g/mol. The van der Waals surface area contributed by atoms with Crippen molar-refractivity contribution in [3.8, 4) is 0 Å². The Morgan fingerprint density at radius 3 is 1.78 bits per heavy atom. The van der Waals surface area contributed by atoms with Crippen LogP contribution in [-0.2, 0) is 4.31 Å². The zero-order chi connectivity index (χ0) is 7.28. The Morgan fingerprint density at radius 1 is 1.22 bits per heavy atom. The summed E-state index contributed by atoms with van der Waals surface area (Å²) in [6.45, 7) is 3.96. The molecule has 0 rings (SSSR count). The summed E-state index contributed by atoms with van der Waals surface area (Å²) in [5, 5.41) is 0. The number of hydrogen-bond donors (Lipinski definition) is 2. The van der Waals surface area contributed by atoms with Gasteiger partial charge < -0.3 is 9.79 Å². The van der Waals surface area contributed by atoms with E-state index in [1.807, 2.05) is 13.8 Å². The fraction of sp³-hybridized carbons (Fsp3) is 1.00. The molecule has 0 unspecified atom stereocenters. The lowest BCUT2D eigenvalue weighted by atomic mass is 11.0. The van der Waals surface area contributed by atoms with Crippen molar-refractivity contribution in [1.29, 1.82) is 0 Å². The van der Waals surface area contributed by atoms with Crippen LogP contribution in [0.3, 0.4) is 0 Å². The van der Waals surface area contributed by atoms with Crippen molar-refractivity contribution in [1.82, 2.24) is 0 Å². The SMILES string of the molecule is CCP(CC)OP(O)O. The normalized spacial score (nSPS) is 11.3. The van der Waals surface area contributed by atoms with Crippen molar-refractivity contribution < 1.29 is 14.1 Å². The highest BCUT2D eigenvalue weighted by Gasteiger charge is 2.08. The summed E-state index contributed by atoms with van der Waals surface area (Å²) in [6.07, 6.45) is 1.79. The molecule has 0 atom stereocenters. The van der Waals surface area contributed by atoms with E-state index in [1.54, 1.807) is 0 Å². The number of hydrogen-bond acceptors (Lipinski definition) is 3. The maximum Gasteiger partial charge on any atom is 0.330 e. The lowest BCUT2D eigenvalue weighted by Crippen LogP contribution is -1.84. The molecule has 0 bridgehead atoms. The molecule has 5 heteroatoms. The van der Waals surface area contributed by atoms with Gasteiger partial charge >= 0.3 is 8.60 Å². The summed E-state index contributed by atoms with van der Waals surface area (Å²) in [4.78, 5) is 16.8. The largest absolute Gasteiger partial charge is 0.330 e. The smallest absolute Gasteiger partial charge is 0.328 e. The first-order valence-electron chi connectivity index (χ1n) is 2.81. The highest BCUT2D eigenvalue weighted by molar-refractivity contribution is 7.61. The highest BCUT2D eigenvalue weighted by atomic mass is 31.2. The van der Waals surface area contributed by atoms with Gasteiger partial charge in [0, 0.05) is 8.15 Å². The van der Waals surface area contributed by atoms with Gasteiger partial charge in [0.2, 0.25) is 0 Å². The van der Waals surface area contributed by atoms with Crippen molar-refractivity contribution >= 4 is 16.8 Å². The van der Waals surface area contributed by atoms with Gasteiger partial charge in [-0.15, -0.1) is 0 Å². The topological polar surface area (TPSA) is 49.7 Å². The second-order valence-electron chi connectivity index (χ2n) is 1.45. The summed E-state index contributed by atoms with van der Waals surface area (Å²) in [5.41, 5.74) is 0. The van der Waals surface area contributed by atoms with E-state index in [0.29, 0.717) is 0 Å². The standard InChI is InChI=1S/C4H12O3P2/c1-3-8(4-2)7-9(5)6/h5-6H,3-4H2,1-2H3. The molecule has 0 spiro atoms. The molecule has 0 aliphatic rings. The average Bonchev–Trinajstić information content (AvgIpc) is 1.82. The molecule has 0 amide bonds. The summed E-state index contributed by atoms with van der Waals surface area (Å²) in [6, 6.07) is 0. The molecule has 0 saturated carbocycles. The Morgan fingerprint density at radius 2 is 1.67 bits per heavy atom. The first-order chi connectivity index (χ1) is 4.20. The molecule has 0 radical (unpaired) electrons. The predicted molar refractivity (Wildman–Crippen MR) is 40.4 cm³/mol. The van der Waals surface area contributed by atoms with Gasteiger partial charge in [0.15, 0.2) is 0 Å². The molecule has 0 heterocycles. The van der Waals surface area contributed by atoms with E-state index in [1.165, 1.54) is 0 Å². The molecule has 0 fully saturated rings. The molecular weight excluding hydrogens is 158 g/mol. The van der Waals surface area contributed by atoms with Crippen LogP contribution in [0.2, 0.25) is 0 Å². The zero-order valence-electron chi connectivity index (χ0n) is 5.61. The van der Waals surface area contributed by atoms with Gasteiger partial charge in [-0.05, 0) is 12.3 Å². The van der Waals surface area contributed by atoms with Gasteiger partial charge in [0.05, 0.1) is 0 Å². The maximum atomic E-state index is 8.40. The second kappa shape index (κ2) is 5.52. The molecule has 0 aromatic heterocycles. The van der Waals surface area contributed by atoms with Crippen molar-refractivity contribution in [2.75, 3.05) is 12.3 Å².